The Morgan fingerprint density at radius 3 is 2.75 bits per heavy atom. The van der Waals surface area contributed by atoms with Gasteiger partial charge in [-0.05, 0) is 25.0 Å². The maximum Gasteiger partial charge on any atom is 0.137 e. The van der Waals surface area contributed by atoms with E-state index in [1.54, 1.807) is 14.0 Å². The van der Waals surface area contributed by atoms with Gasteiger partial charge in [0.25, 0.3) is 0 Å². The predicted octanol–water partition coefficient (Wildman–Crippen LogP) is 1.93. The first kappa shape index (κ1) is 9.04. The Kier molecular flexibility index (Phi) is 2.69. The Hall–Kier alpha value is -1.05. The first-order valence-electron chi connectivity index (χ1n) is 4.09. The van der Waals surface area contributed by atoms with Crippen molar-refractivity contribution in [1.82, 2.24) is 0 Å². The number of hydrogen-bond acceptors (Lipinski definition) is 2. The van der Waals surface area contributed by atoms with E-state index >= 15 is 0 Å². The molecule has 0 aromatic carbocycles. The summed E-state index contributed by atoms with van der Waals surface area (Å²) in [5.41, 5.74) is 0. The summed E-state index contributed by atoms with van der Waals surface area (Å²) in [5.74, 6) is 1.26. The van der Waals surface area contributed by atoms with Crippen LogP contribution in [0.15, 0.2) is 24.0 Å². The number of hydrogen-bond donors (Lipinski definition) is 0. The number of carbonyl (C=O) groups is 1. The quantitative estimate of drug-likeness (QED) is 0.626. The third-order valence-electron chi connectivity index (χ3n) is 2.18. The molecule has 0 spiro atoms. The maximum atomic E-state index is 11.1. The second-order valence-electron chi connectivity index (χ2n) is 3.13. The van der Waals surface area contributed by atoms with Crippen LogP contribution in [0.2, 0.25) is 0 Å². The summed E-state index contributed by atoms with van der Waals surface area (Å²) in [4.78, 5) is 11.1. The topological polar surface area (TPSA) is 26.3 Å². The van der Waals surface area contributed by atoms with E-state index in [4.69, 9.17) is 4.74 Å². The molecule has 1 rings (SSSR count). The number of carbonyl (C=O) groups excluding carboxylic acids is 1. The van der Waals surface area contributed by atoms with Gasteiger partial charge in [0.1, 0.15) is 11.5 Å². The van der Waals surface area contributed by atoms with Crippen molar-refractivity contribution in [2.45, 2.75) is 13.8 Å². The maximum absolute atomic E-state index is 11.1. The molecule has 0 aromatic heterocycles. The van der Waals surface area contributed by atoms with Gasteiger partial charge in [0, 0.05) is 5.92 Å². The van der Waals surface area contributed by atoms with E-state index in [0.29, 0.717) is 5.92 Å². The lowest BCUT2D eigenvalue weighted by Crippen LogP contribution is -2.18. The molecule has 2 nitrogen and oxygen atoms in total. The fraction of sp³-hybridized carbons (Fsp3) is 0.500. The fourth-order valence-corrected chi connectivity index (χ4v) is 1.37. The zero-order chi connectivity index (χ0) is 9.14. The normalized spacial score (nSPS) is 28.1. The average Bonchev–Trinajstić information content (AvgIpc) is 2.05. The van der Waals surface area contributed by atoms with E-state index in [-0.39, 0.29) is 11.7 Å². The van der Waals surface area contributed by atoms with Gasteiger partial charge < -0.3 is 4.74 Å². The van der Waals surface area contributed by atoms with Gasteiger partial charge in [-0.25, -0.2) is 0 Å². The summed E-state index contributed by atoms with van der Waals surface area (Å²) in [7, 11) is 1.61. The second kappa shape index (κ2) is 3.57. The van der Waals surface area contributed by atoms with Crippen LogP contribution >= 0.6 is 0 Å². The van der Waals surface area contributed by atoms with Gasteiger partial charge in [-0.2, -0.15) is 0 Å². The third kappa shape index (κ3) is 1.76. The molecule has 66 valence electrons. The van der Waals surface area contributed by atoms with Crippen LogP contribution in [0.25, 0.3) is 0 Å². The smallest absolute Gasteiger partial charge is 0.137 e. The Morgan fingerprint density at radius 2 is 2.25 bits per heavy atom. The largest absolute Gasteiger partial charge is 0.497 e. The van der Waals surface area contributed by atoms with Crippen molar-refractivity contribution in [3.05, 3.63) is 24.0 Å². The van der Waals surface area contributed by atoms with E-state index in [2.05, 4.69) is 0 Å². The number of rotatable bonds is 2. The molecule has 0 radical (unpaired) electrons. The molecule has 0 bridgehead atoms. The Balaban J connectivity index is 2.81. The minimum Gasteiger partial charge on any atom is -0.497 e. The van der Waals surface area contributed by atoms with Crippen LogP contribution in [0.1, 0.15) is 13.8 Å². The van der Waals surface area contributed by atoms with E-state index < -0.39 is 0 Å². The van der Waals surface area contributed by atoms with E-state index in [1.807, 2.05) is 25.2 Å². The molecular weight excluding hydrogens is 152 g/mol. The van der Waals surface area contributed by atoms with Gasteiger partial charge in [0.2, 0.25) is 0 Å². The molecular formula is C10H14O2. The molecule has 1 aliphatic rings. The van der Waals surface area contributed by atoms with E-state index in [0.717, 1.165) is 5.76 Å². The van der Waals surface area contributed by atoms with E-state index in [9.17, 15) is 4.79 Å². The Bertz CT molecular complexity index is 238. The SMILES string of the molecule is COC1=CC(C(C)=O)C(C)C=C1. The first-order valence-corrected chi connectivity index (χ1v) is 4.09. The molecule has 0 N–H and O–H groups in total. The van der Waals surface area contributed by atoms with Crippen LogP contribution in [0.4, 0.5) is 0 Å². The van der Waals surface area contributed by atoms with Crippen molar-refractivity contribution < 1.29 is 9.53 Å². The van der Waals surface area contributed by atoms with Gasteiger partial charge >= 0.3 is 0 Å². The molecule has 0 aromatic rings. The third-order valence-corrected chi connectivity index (χ3v) is 2.18. The standard InChI is InChI=1S/C10H14O2/c1-7-4-5-9(12-3)6-10(7)8(2)11/h4-7,10H,1-3H3. The Morgan fingerprint density at radius 1 is 1.58 bits per heavy atom. The van der Waals surface area contributed by atoms with Crippen LogP contribution in [0.3, 0.4) is 0 Å². The monoisotopic (exact) mass is 166 g/mol. The van der Waals surface area contributed by atoms with Crippen molar-refractivity contribution in [2.75, 3.05) is 7.11 Å². The molecule has 2 atom stereocenters. The first-order chi connectivity index (χ1) is 5.65. The highest BCUT2D eigenvalue weighted by Gasteiger charge is 2.21. The molecule has 0 saturated heterocycles. The van der Waals surface area contributed by atoms with Crippen molar-refractivity contribution in [3.8, 4) is 0 Å². The van der Waals surface area contributed by atoms with Gasteiger partial charge in [-0.15, -0.1) is 0 Å². The lowest BCUT2D eigenvalue weighted by Gasteiger charge is -2.19. The highest BCUT2D eigenvalue weighted by atomic mass is 16.5. The van der Waals surface area contributed by atoms with Crippen molar-refractivity contribution in [3.63, 3.8) is 0 Å². The number of ether oxygens (including phenoxy) is 1. The molecule has 0 fully saturated rings. The van der Waals surface area contributed by atoms with Crippen LogP contribution < -0.4 is 0 Å². The summed E-state index contributed by atoms with van der Waals surface area (Å²) in [5, 5.41) is 0. The second-order valence-corrected chi connectivity index (χ2v) is 3.13. The fourth-order valence-electron chi connectivity index (χ4n) is 1.37. The lowest BCUT2D eigenvalue weighted by molar-refractivity contribution is -0.120. The highest BCUT2D eigenvalue weighted by molar-refractivity contribution is 5.81. The summed E-state index contributed by atoms with van der Waals surface area (Å²) in [6.07, 6.45) is 5.79. The molecule has 0 heterocycles. The van der Waals surface area contributed by atoms with Crippen molar-refractivity contribution in [1.29, 1.82) is 0 Å². The van der Waals surface area contributed by atoms with Crippen molar-refractivity contribution in [2.24, 2.45) is 11.8 Å². The molecule has 0 saturated carbocycles. The van der Waals surface area contributed by atoms with Gasteiger partial charge in [0.15, 0.2) is 0 Å². The van der Waals surface area contributed by atoms with Crippen LogP contribution in [-0.4, -0.2) is 12.9 Å². The van der Waals surface area contributed by atoms with Gasteiger partial charge in [-0.3, -0.25) is 4.79 Å². The zero-order valence-electron chi connectivity index (χ0n) is 7.70. The molecule has 0 aliphatic heterocycles. The van der Waals surface area contributed by atoms with Crippen molar-refractivity contribution >= 4 is 5.78 Å². The number of methoxy groups -OCH3 is 1. The minimum absolute atomic E-state index is 0.00931. The molecule has 2 unspecified atom stereocenters. The van der Waals surface area contributed by atoms with Gasteiger partial charge in [0.05, 0.1) is 7.11 Å². The number of ketones is 1. The summed E-state index contributed by atoms with van der Waals surface area (Å²) in [6, 6.07) is 0. The number of allylic oxidation sites excluding steroid dienone is 3. The van der Waals surface area contributed by atoms with Gasteiger partial charge in [-0.1, -0.05) is 13.0 Å². The minimum atomic E-state index is -0.00931. The lowest BCUT2D eigenvalue weighted by atomic mass is 9.87. The highest BCUT2D eigenvalue weighted by Crippen LogP contribution is 2.23. The molecule has 12 heavy (non-hydrogen) atoms. The van der Waals surface area contributed by atoms with Crippen LogP contribution in [0, 0.1) is 11.8 Å². The molecule has 2 heteroatoms. The van der Waals surface area contributed by atoms with Crippen LogP contribution in [0.5, 0.6) is 0 Å². The number of Topliss-reactive ketones (excluding diaryl/α,β-unsaturated/α-hetero) is 1. The average molecular weight is 166 g/mol. The predicted molar refractivity (Wildman–Crippen MR) is 47.6 cm³/mol. The Labute approximate surface area is 72.9 Å². The summed E-state index contributed by atoms with van der Waals surface area (Å²) < 4.78 is 5.04. The molecule has 0 amide bonds. The summed E-state index contributed by atoms with van der Waals surface area (Å²) in [6.45, 7) is 3.65. The molecule has 1 aliphatic carbocycles. The van der Waals surface area contributed by atoms with E-state index in [1.165, 1.54) is 0 Å². The zero-order valence-corrected chi connectivity index (χ0v) is 7.70. The summed E-state index contributed by atoms with van der Waals surface area (Å²) >= 11 is 0. The van der Waals surface area contributed by atoms with Crippen LogP contribution in [-0.2, 0) is 9.53 Å².